The number of aliphatic hydroxyl groups is 5. The van der Waals surface area contributed by atoms with Crippen molar-refractivity contribution in [1.29, 1.82) is 0 Å². The van der Waals surface area contributed by atoms with Crippen LogP contribution in [0.2, 0.25) is 0 Å². The number of hydrogen-bond donors (Lipinski definition) is 6. The van der Waals surface area contributed by atoms with E-state index < -0.39 is 49.5 Å². The highest BCUT2D eigenvalue weighted by Gasteiger charge is 2.44. The number of carbonyl (C=O) groups excluding carboxylic acids is 1. The molecule has 9 nitrogen and oxygen atoms in total. The van der Waals surface area contributed by atoms with Crippen LogP contribution in [0.4, 0.5) is 0 Å². The summed E-state index contributed by atoms with van der Waals surface area (Å²) in [6.45, 7) is 3.86. The molecular weight excluding hydrogens is 755 g/mol. The predicted molar refractivity (Wildman–Crippen MR) is 249 cm³/mol. The number of unbranched alkanes of at least 4 members (excludes halogenated alkanes) is 32. The molecule has 0 saturated carbocycles. The molecule has 356 valence electrons. The number of allylic oxidation sites excluding steroid dienone is 2. The predicted octanol–water partition coefficient (Wildman–Crippen LogP) is 11.7. The second-order valence-electron chi connectivity index (χ2n) is 18.3. The maximum Gasteiger partial charge on any atom is 0.220 e. The smallest absolute Gasteiger partial charge is 0.220 e. The molecule has 0 bridgehead atoms. The first-order chi connectivity index (χ1) is 29.3. The minimum atomic E-state index is -1.55. The third kappa shape index (κ3) is 31.7. The van der Waals surface area contributed by atoms with Gasteiger partial charge in [0.1, 0.15) is 24.4 Å². The molecular formula is C51H99NO8. The fourth-order valence-corrected chi connectivity index (χ4v) is 8.45. The lowest BCUT2D eigenvalue weighted by Gasteiger charge is -2.40. The maximum atomic E-state index is 13.0. The Labute approximate surface area is 369 Å². The molecule has 1 saturated heterocycles. The van der Waals surface area contributed by atoms with Crippen LogP contribution < -0.4 is 5.32 Å². The van der Waals surface area contributed by atoms with Crippen LogP contribution in [0, 0.1) is 0 Å². The number of amides is 1. The van der Waals surface area contributed by atoms with Crippen molar-refractivity contribution in [2.75, 3.05) is 13.2 Å². The normalized spacial score (nSPS) is 20.6. The molecule has 0 aromatic carbocycles. The molecule has 0 aromatic rings. The first-order valence-corrected chi connectivity index (χ1v) is 25.9. The minimum Gasteiger partial charge on any atom is -0.394 e. The van der Waals surface area contributed by atoms with Gasteiger partial charge in [0.2, 0.25) is 5.91 Å². The number of ether oxygens (including phenoxy) is 2. The fourth-order valence-electron chi connectivity index (χ4n) is 8.45. The molecule has 9 heteroatoms. The van der Waals surface area contributed by atoms with Crippen molar-refractivity contribution in [3.63, 3.8) is 0 Å². The van der Waals surface area contributed by atoms with Crippen LogP contribution in [0.15, 0.2) is 12.2 Å². The molecule has 0 spiro atoms. The van der Waals surface area contributed by atoms with E-state index in [1.54, 1.807) is 0 Å². The number of hydrogen-bond acceptors (Lipinski definition) is 8. The average molecular weight is 854 g/mol. The summed E-state index contributed by atoms with van der Waals surface area (Å²) in [6.07, 6.45) is 42.2. The Bertz CT molecular complexity index is 950. The highest BCUT2D eigenvalue weighted by Crippen LogP contribution is 2.23. The van der Waals surface area contributed by atoms with Crippen LogP contribution in [0.1, 0.15) is 251 Å². The van der Waals surface area contributed by atoms with Crippen molar-refractivity contribution in [2.45, 2.75) is 294 Å². The van der Waals surface area contributed by atoms with Crippen molar-refractivity contribution in [3.05, 3.63) is 12.2 Å². The molecule has 1 aliphatic heterocycles. The summed E-state index contributed by atoms with van der Waals surface area (Å²) in [4.78, 5) is 13.0. The summed E-state index contributed by atoms with van der Waals surface area (Å²) < 4.78 is 11.3. The van der Waals surface area contributed by atoms with Gasteiger partial charge in [0.15, 0.2) is 6.29 Å². The van der Waals surface area contributed by atoms with Gasteiger partial charge in [-0.1, -0.05) is 219 Å². The second kappa shape index (κ2) is 41.9. The van der Waals surface area contributed by atoms with E-state index in [2.05, 4.69) is 31.3 Å². The molecule has 1 rings (SSSR count). The lowest BCUT2D eigenvalue weighted by Crippen LogP contribution is -2.60. The summed E-state index contributed by atoms with van der Waals surface area (Å²) >= 11 is 0. The van der Waals surface area contributed by atoms with Crippen molar-refractivity contribution < 1.29 is 39.8 Å². The van der Waals surface area contributed by atoms with Crippen LogP contribution in [0.25, 0.3) is 0 Å². The minimum absolute atomic E-state index is 0.136. The zero-order valence-corrected chi connectivity index (χ0v) is 39.2. The summed E-state index contributed by atoms with van der Waals surface area (Å²) in [7, 11) is 0. The highest BCUT2D eigenvalue weighted by molar-refractivity contribution is 5.76. The van der Waals surface area contributed by atoms with Gasteiger partial charge in [0.25, 0.3) is 0 Å². The van der Waals surface area contributed by atoms with E-state index in [-0.39, 0.29) is 12.5 Å². The lowest BCUT2D eigenvalue weighted by molar-refractivity contribution is -0.302. The van der Waals surface area contributed by atoms with Gasteiger partial charge in [-0.05, 0) is 38.5 Å². The SMILES string of the molecule is CCCCCCCCCC/C=C\CCCCCCCCCC(=O)NC(COC1OC(CO)C(O)C(O)C1O)C(O)CCCCCCCCCCCCCCCCCCCC. The number of aliphatic hydroxyl groups excluding tert-OH is 5. The van der Waals surface area contributed by atoms with Crippen LogP contribution in [-0.4, -0.2) is 87.5 Å². The van der Waals surface area contributed by atoms with Crippen LogP contribution in [0.5, 0.6) is 0 Å². The van der Waals surface area contributed by atoms with E-state index in [1.165, 1.54) is 186 Å². The van der Waals surface area contributed by atoms with Gasteiger partial charge >= 0.3 is 0 Å². The number of rotatable bonds is 44. The Morgan fingerprint density at radius 2 is 0.933 bits per heavy atom. The third-order valence-corrected chi connectivity index (χ3v) is 12.6. The summed E-state index contributed by atoms with van der Waals surface area (Å²) in [5.41, 5.74) is 0. The van der Waals surface area contributed by atoms with Gasteiger partial charge in [-0.25, -0.2) is 0 Å². The fraction of sp³-hybridized carbons (Fsp3) is 0.941. The van der Waals surface area contributed by atoms with Gasteiger partial charge in [-0.2, -0.15) is 0 Å². The summed E-state index contributed by atoms with van der Waals surface area (Å²) in [5.74, 6) is -0.145. The molecule has 1 amide bonds. The zero-order valence-electron chi connectivity index (χ0n) is 39.2. The Hall–Kier alpha value is -1.07. The Morgan fingerprint density at radius 1 is 0.550 bits per heavy atom. The molecule has 1 fully saturated rings. The highest BCUT2D eigenvalue weighted by atomic mass is 16.7. The molecule has 0 aromatic heterocycles. The Balaban J connectivity index is 2.27. The van der Waals surface area contributed by atoms with Crippen LogP contribution in [-0.2, 0) is 14.3 Å². The van der Waals surface area contributed by atoms with Crippen molar-refractivity contribution in [1.82, 2.24) is 5.32 Å². The van der Waals surface area contributed by atoms with E-state index in [9.17, 15) is 30.3 Å². The quantitative estimate of drug-likeness (QED) is 0.0262. The van der Waals surface area contributed by atoms with Crippen LogP contribution in [0.3, 0.4) is 0 Å². The zero-order chi connectivity index (χ0) is 43.7. The molecule has 1 aliphatic rings. The van der Waals surface area contributed by atoms with E-state index in [0.717, 1.165) is 38.5 Å². The lowest BCUT2D eigenvalue weighted by atomic mass is 9.99. The first kappa shape index (κ1) is 56.9. The first-order valence-electron chi connectivity index (χ1n) is 25.9. The van der Waals surface area contributed by atoms with E-state index >= 15 is 0 Å². The van der Waals surface area contributed by atoms with Gasteiger partial charge in [0, 0.05) is 6.42 Å². The maximum absolute atomic E-state index is 13.0. The number of nitrogens with one attached hydrogen (secondary N) is 1. The largest absolute Gasteiger partial charge is 0.394 e. The molecule has 60 heavy (non-hydrogen) atoms. The average Bonchev–Trinajstić information content (AvgIpc) is 3.25. The van der Waals surface area contributed by atoms with E-state index in [4.69, 9.17) is 9.47 Å². The van der Waals surface area contributed by atoms with Crippen molar-refractivity contribution in [2.24, 2.45) is 0 Å². The molecule has 7 atom stereocenters. The summed E-state index contributed by atoms with van der Waals surface area (Å²) in [6, 6.07) is -0.718. The Kier molecular flexibility index (Phi) is 39.8. The molecule has 0 aliphatic carbocycles. The molecule has 7 unspecified atom stereocenters. The second-order valence-corrected chi connectivity index (χ2v) is 18.3. The molecule has 0 radical (unpaired) electrons. The van der Waals surface area contributed by atoms with Crippen molar-refractivity contribution in [3.8, 4) is 0 Å². The Morgan fingerprint density at radius 3 is 1.35 bits per heavy atom. The topological polar surface area (TPSA) is 149 Å². The molecule has 6 N–H and O–H groups in total. The van der Waals surface area contributed by atoms with E-state index in [1.807, 2.05) is 0 Å². The van der Waals surface area contributed by atoms with Gasteiger partial charge in [0.05, 0.1) is 25.4 Å². The monoisotopic (exact) mass is 854 g/mol. The van der Waals surface area contributed by atoms with Crippen LogP contribution >= 0.6 is 0 Å². The van der Waals surface area contributed by atoms with Crippen molar-refractivity contribution >= 4 is 5.91 Å². The standard InChI is InChI=1S/C51H99NO8/c1-3-5-7-9-11-13-15-17-19-21-23-25-27-29-31-33-35-37-39-41-47(55)52-44(43-59-51-50(58)49(57)48(56)46(42-53)60-51)45(54)40-38-36-34-32-30-28-26-24-22-20-18-16-14-12-10-8-6-4-2/h21,23,44-46,48-51,53-54,56-58H,3-20,22,24-43H2,1-2H3,(H,52,55)/b23-21-. The summed E-state index contributed by atoms with van der Waals surface area (Å²) in [5, 5.41) is 54.5. The van der Waals surface area contributed by atoms with Gasteiger partial charge < -0.3 is 40.3 Å². The van der Waals surface area contributed by atoms with Gasteiger partial charge in [-0.3, -0.25) is 4.79 Å². The number of carbonyl (C=O) groups is 1. The molecule has 1 heterocycles. The van der Waals surface area contributed by atoms with Gasteiger partial charge in [-0.15, -0.1) is 0 Å². The third-order valence-electron chi connectivity index (χ3n) is 12.6. The van der Waals surface area contributed by atoms with E-state index in [0.29, 0.717) is 12.8 Å².